The number of halogens is 1. The minimum atomic E-state index is -0.654. The summed E-state index contributed by atoms with van der Waals surface area (Å²) < 4.78 is 12.2. The Labute approximate surface area is 137 Å². The average Bonchev–Trinajstić information content (AvgIpc) is 3.05. The summed E-state index contributed by atoms with van der Waals surface area (Å²) in [5, 5.41) is 9.36. The lowest BCUT2D eigenvalue weighted by molar-refractivity contribution is -0.142. The van der Waals surface area contributed by atoms with Crippen molar-refractivity contribution in [3.63, 3.8) is 0 Å². The minimum absolute atomic E-state index is 0.169. The van der Waals surface area contributed by atoms with Crippen LogP contribution in [0.4, 0.5) is 0 Å². The number of aliphatic carboxylic acids is 1. The van der Waals surface area contributed by atoms with Crippen molar-refractivity contribution in [3.8, 4) is 11.5 Å². The summed E-state index contributed by atoms with van der Waals surface area (Å²) >= 11 is 3.61. The molecule has 0 spiro atoms. The predicted octanol–water partition coefficient (Wildman–Crippen LogP) is 2.66. The van der Waals surface area contributed by atoms with Crippen LogP contribution >= 0.6 is 15.9 Å². The standard InChI is InChI=1S/C16H18BrNO4/c17-12-7-15-14(21-3-4-22-15)5-9(12)8-18-10-1-2-13(18)11(6-10)16(19)20/h5,7,10-11,13H,1-4,6,8H2,(H,19,20). The zero-order valence-corrected chi connectivity index (χ0v) is 13.7. The Morgan fingerprint density at radius 1 is 1.27 bits per heavy atom. The molecule has 3 atom stereocenters. The van der Waals surface area contributed by atoms with Gasteiger partial charge in [0, 0.05) is 23.1 Å². The SMILES string of the molecule is O=C(O)C1CC2CCC1N2Cc1cc2c(cc1Br)OCCO2. The fraction of sp³-hybridized carbons (Fsp3) is 0.562. The summed E-state index contributed by atoms with van der Waals surface area (Å²) in [6.07, 6.45) is 2.88. The van der Waals surface area contributed by atoms with Crippen molar-refractivity contribution in [2.75, 3.05) is 13.2 Å². The lowest BCUT2D eigenvalue weighted by Crippen LogP contribution is -2.32. The Kier molecular flexibility index (Phi) is 3.53. The van der Waals surface area contributed by atoms with Gasteiger partial charge in [0.25, 0.3) is 0 Å². The van der Waals surface area contributed by atoms with Crippen LogP contribution in [0.15, 0.2) is 16.6 Å². The van der Waals surface area contributed by atoms with Crippen LogP contribution in [0.3, 0.4) is 0 Å². The molecule has 22 heavy (non-hydrogen) atoms. The van der Waals surface area contributed by atoms with Crippen molar-refractivity contribution in [2.45, 2.75) is 37.9 Å². The molecule has 1 N–H and O–H groups in total. The lowest BCUT2D eigenvalue weighted by Gasteiger charge is -2.25. The number of fused-ring (bicyclic) bond motifs is 3. The molecule has 3 unspecified atom stereocenters. The van der Waals surface area contributed by atoms with E-state index in [0.717, 1.165) is 47.3 Å². The molecule has 118 valence electrons. The Morgan fingerprint density at radius 3 is 2.68 bits per heavy atom. The maximum atomic E-state index is 11.4. The Balaban J connectivity index is 1.58. The second-order valence-corrected chi connectivity index (χ2v) is 7.09. The molecular formula is C16H18BrNO4. The van der Waals surface area contributed by atoms with Crippen molar-refractivity contribution >= 4 is 21.9 Å². The van der Waals surface area contributed by atoms with E-state index in [1.54, 1.807) is 0 Å². The molecule has 0 amide bonds. The zero-order valence-electron chi connectivity index (χ0n) is 12.1. The second kappa shape index (κ2) is 5.42. The zero-order chi connectivity index (χ0) is 15.3. The van der Waals surface area contributed by atoms with Crippen LogP contribution in [-0.4, -0.2) is 41.3 Å². The van der Waals surface area contributed by atoms with Gasteiger partial charge in [-0.15, -0.1) is 0 Å². The van der Waals surface area contributed by atoms with E-state index in [9.17, 15) is 9.90 Å². The molecule has 5 nitrogen and oxygen atoms in total. The summed E-state index contributed by atoms with van der Waals surface area (Å²) in [5.74, 6) is 0.689. The van der Waals surface area contributed by atoms with Gasteiger partial charge < -0.3 is 14.6 Å². The molecule has 4 rings (SSSR count). The number of benzene rings is 1. The molecule has 1 aromatic rings. The molecule has 1 aromatic carbocycles. The van der Waals surface area contributed by atoms with Gasteiger partial charge in [-0.05, 0) is 37.0 Å². The molecule has 2 bridgehead atoms. The van der Waals surface area contributed by atoms with Crippen LogP contribution in [-0.2, 0) is 11.3 Å². The van der Waals surface area contributed by atoms with Crippen LogP contribution in [0.2, 0.25) is 0 Å². The second-order valence-electron chi connectivity index (χ2n) is 6.24. The number of hydrogen-bond donors (Lipinski definition) is 1. The number of ether oxygens (including phenoxy) is 2. The number of nitrogens with zero attached hydrogens (tertiary/aromatic N) is 1. The van der Waals surface area contributed by atoms with Gasteiger partial charge in [0.05, 0.1) is 5.92 Å². The molecule has 2 saturated heterocycles. The highest BCUT2D eigenvalue weighted by Gasteiger charge is 2.49. The summed E-state index contributed by atoms with van der Waals surface area (Å²) in [7, 11) is 0. The fourth-order valence-electron chi connectivity index (χ4n) is 4.04. The molecular weight excluding hydrogens is 350 g/mol. The summed E-state index contributed by atoms with van der Waals surface area (Å²) in [4.78, 5) is 13.7. The largest absolute Gasteiger partial charge is 0.486 e. The number of rotatable bonds is 3. The van der Waals surface area contributed by atoms with E-state index in [0.29, 0.717) is 19.3 Å². The molecule has 0 aliphatic carbocycles. The third kappa shape index (κ3) is 2.29. The van der Waals surface area contributed by atoms with Gasteiger partial charge >= 0.3 is 5.97 Å². The summed E-state index contributed by atoms with van der Waals surface area (Å²) in [6.45, 7) is 1.91. The number of hydrogen-bond acceptors (Lipinski definition) is 4. The first-order valence-electron chi connectivity index (χ1n) is 7.70. The van der Waals surface area contributed by atoms with E-state index in [1.807, 2.05) is 12.1 Å². The first kappa shape index (κ1) is 14.3. The highest BCUT2D eigenvalue weighted by atomic mass is 79.9. The monoisotopic (exact) mass is 367 g/mol. The lowest BCUT2D eigenvalue weighted by atomic mass is 9.89. The van der Waals surface area contributed by atoms with Gasteiger partial charge in [-0.25, -0.2) is 0 Å². The maximum absolute atomic E-state index is 11.4. The van der Waals surface area contributed by atoms with E-state index in [1.165, 1.54) is 0 Å². The normalized spacial score (nSPS) is 29.8. The van der Waals surface area contributed by atoms with Crippen molar-refractivity contribution < 1.29 is 19.4 Å². The van der Waals surface area contributed by atoms with Gasteiger partial charge in [-0.3, -0.25) is 9.69 Å². The maximum Gasteiger partial charge on any atom is 0.308 e. The van der Waals surface area contributed by atoms with Gasteiger partial charge in [0.2, 0.25) is 0 Å². The molecule has 0 radical (unpaired) electrons. The van der Waals surface area contributed by atoms with Gasteiger partial charge in [0.15, 0.2) is 11.5 Å². The van der Waals surface area contributed by atoms with Crippen LogP contribution in [0.5, 0.6) is 11.5 Å². The third-order valence-corrected chi connectivity index (χ3v) is 5.80. The quantitative estimate of drug-likeness (QED) is 0.889. The fourth-order valence-corrected chi connectivity index (χ4v) is 4.48. The molecule has 2 fully saturated rings. The Bertz CT molecular complexity index is 620. The van der Waals surface area contributed by atoms with Crippen molar-refractivity contribution in [1.82, 2.24) is 4.90 Å². The average molecular weight is 368 g/mol. The van der Waals surface area contributed by atoms with Crippen molar-refractivity contribution in [2.24, 2.45) is 5.92 Å². The topological polar surface area (TPSA) is 59.0 Å². The number of carbonyl (C=O) groups is 1. The van der Waals surface area contributed by atoms with Gasteiger partial charge in [-0.1, -0.05) is 15.9 Å². The molecule has 0 saturated carbocycles. The van der Waals surface area contributed by atoms with Crippen LogP contribution in [0, 0.1) is 5.92 Å². The number of carboxylic acids is 1. The highest BCUT2D eigenvalue weighted by molar-refractivity contribution is 9.10. The molecule has 3 heterocycles. The summed E-state index contributed by atoms with van der Waals surface area (Å²) in [6, 6.07) is 4.54. The van der Waals surface area contributed by atoms with Gasteiger partial charge in [-0.2, -0.15) is 0 Å². The van der Waals surface area contributed by atoms with Crippen LogP contribution < -0.4 is 9.47 Å². The van der Waals surface area contributed by atoms with Crippen molar-refractivity contribution in [3.05, 3.63) is 22.2 Å². The van der Waals surface area contributed by atoms with E-state index >= 15 is 0 Å². The van der Waals surface area contributed by atoms with Crippen molar-refractivity contribution in [1.29, 1.82) is 0 Å². The van der Waals surface area contributed by atoms with Crippen LogP contribution in [0.1, 0.15) is 24.8 Å². The van der Waals surface area contributed by atoms with Gasteiger partial charge in [0.1, 0.15) is 13.2 Å². The Morgan fingerprint density at radius 2 is 2.00 bits per heavy atom. The number of carboxylic acid groups (broad SMARTS) is 1. The highest BCUT2D eigenvalue weighted by Crippen LogP contribution is 2.44. The first-order valence-corrected chi connectivity index (χ1v) is 8.49. The molecule has 3 aliphatic heterocycles. The van der Waals surface area contributed by atoms with Crippen LogP contribution in [0.25, 0.3) is 0 Å². The Hall–Kier alpha value is -1.27. The van der Waals surface area contributed by atoms with E-state index in [-0.39, 0.29) is 12.0 Å². The molecule has 0 aromatic heterocycles. The van der Waals surface area contributed by atoms with E-state index in [4.69, 9.17) is 9.47 Å². The smallest absolute Gasteiger partial charge is 0.308 e. The minimum Gasteiger partial charge on any atom is -0.486 e. The summed E-state index contributed by atoms with van der Waals surface area (Å²) in [5.41, 5.74) is 1.13. The molecule has 6 heteroatoms. The molecule has 3 aliphatic rings. The van der Waals surface area contributed by atoms with E-state index in [2.05, 4.69) is 20.8 Å². The van der Waals surface area contributed by atoms with E-state index < -0.39 is 5.97 Å². The first-order chi connectivity index (χ1) is 10.6. The third-order valence-electron chi connectivity index (χ3n) is 5.06. The predicted molar refractivity (Wildman–Crippen MR) is 83.2 cm³/mol.